The first-order chi connectivity index (χ1) is 12.2. The predicted molar refractivity (Wildman–Crippen MR) is 93.1 cm³/mol. The van der Waals surface area contributed by atoms with Gasteiger partial charge in [-0.25, -0.2) is 4.98 Å². The first-order valence-corrected chi connectivity index (χ1v) is 8.33. The molecule has 0 radical (unpaired) electrons. The van der Waals surface area contributed by atoms with E-state index in [0.29, 0.717) is 18.0 Å². The van der Waals surface area contributed by atoms with Gasteiger partial charge >= 0.3 is 0 Å². The fourth-order valence-electron chi connectivity index (χ4n) is 3.15. The number of hydrogen-bond donors (Lipinski definition) is 1. The smallest absolute Gasteiger partial charge is 0.238 e. The van der Waals surface area contributed by atoms with Gasteiger partial charge in [0, 0.05) is 57.4 Å². The van der Waals surface area contributed by atoms with Gasteiger partial charge < -0.3 is 24.3 Å². The molecule has 0 unspecified atom stereocenters. The van der Waals surface area contributed by atoms with Crippen LogP contribution in [0.5, 0.6) is 11.5 Å². The second-order valence-corrected chi connectivity index (χ2v) is 6.22. The number of benzene rings is 1. The molecule has 1 saturated heterocycles. The van der Waals surface area contributed by atoms with Gasteiger partial charge in [0.1, 0.15) is 0 Å². The standard InChI is InChI=1S/C17H21N5O3/c1-20-5-4-18-17(20)22-8-6-21(7-9-22)11-16(23)19-13-2-3-14-15(10-13)25-12-24-14/h2-5,10H,6-9,11-12H2,1H3,(H,19,23). The van der Waals surface area contributed by atoms with Gasteiger partial charge in [0.2, 0.25) is 18.6 Å². The molecule has 2 aromatic rings. The molecule has 0 atom stereocenters. The third-order valence-corrected chi connectivity index (χ3v) is 4.47. The van der Waals surface area contributed by atoms with Gasteiger partial charge in [-0.3, -0.25) is 9.69 Å². The number of amides is 1. The number of rotatable bonds is 4. The molecule has 2 aliphatic rings. The van der Waals surface area contributed by atoms with E-state index in [1.54, 1.807) is 12.3 Å². The van der Waals surface area contributed by atoms with Crippen LogP contribution in [0.4, 0.5) is 11.6 Å². The zero-order valence-corrected chi connectivity index (χ0v) is 14.1. The maximum absolute atomic E-state index is 12.3. The molecule has 25 heavy (non-hydrogen) atoms. The molecular weight excluding hydrogens is 322 g/mol. The van der Waals surface area contributed by atoms with Crippen LogP contribution < -0.4 is 19.7 Å². The Morgan fingerprint density at radius 3 is 2.76 bits per heavy atom. The average Bonchev–Trinajstić information content (AvgIpc) is 3.24. The lowest BCUT2D eigenvalue weighted by Crippen LogP contribution is -2.49. The highest BCUT2D eigenvalue weighted by molar-refractivity contribution is 5.92. The summed E-state index contributed by atoms with van der Waals surface area (Å²) in [5, 5.41) is 2.92. The Bertz CT molecular complexity index is 767. The molecule has 0 saturated carbocycles. The number of imidazole rings is 1. The predicted octanol–water partition coefficient (Wildman–Crippen LogP) is 0.909. The van der Waals surface area contributed by atoms with Gasteiger partial charge in [-0.2, -0.15) is 0 Å². The molecule has 2 aliphatic heterocycles. The maximum atomic E-state index is 12.3. The van der Waals surface area contributed by atoms with Crippen LogP contribution in [0.1, 0.15) is 0 Å². The Morgan fingerprint density at radius 1 is 1.20 bits per heavy atom. The Kier molecular flexibility index (Phi) is 4.19. The number of carbonyl (C=O) groups is 1. The quantitative estimate of drug-likeness (QED) is 0.890. The molecule has 1 aromatic heterocycles. The van der Waals surface area contributed by atoms with E-state index in [-0.39, 0.29) is 12.7 Å². The maximum Gasteiger partial charge on any atom is 0.238 e. The Balaban J connectivity index is 1.28. The average molecular weight is 343 g/mol. The molecule has 8 nitrogen and oxygen atoms in total. The summed E-state index contributed by atoms with van der Waals surface area (Å²) in [5.41, 5.74) is 0.723. The van der Waals surface area contributed by atoms with Crippen molar-refractivity contribution in [1.82, 2.24) is 14.5 Å². The molecule has 4 rings (SSSR count). The van der Waals surface area contributed by atoms with Crippen LogP contribution in [-0.2, 0) is 11.8 Å². The molecule has 132 valence electrons. The third-order valence-electron chi connectivity index (χ3n) is 4.47. The van der Waals surface area contributed by atoms with E-state index in [1.807, 2.05) is 29.9 Å². The minimum atomic E-state index is -0.0238. The number of hydrogen-bond acceptors (Lipinski definition) is 6. The first kappa shape index (κ1) is 15.8. The van der Waals surface area contributed by atoms with E-state index in [1.165, 1.54) is 0 Å². The highest BCUT2D eigenvalue weighted by atomic mass is 16.7. The monoisotopic (exact) mass is 343 g/mol. The van der Waals surface area contributed by atoms with E-state index in [0.717, 1.165) is 37.8 Å². The summed E-state index contributed by atoms with van der Waals surface area (Å²) in [6, 6.07) is 5.42. The van der Waals surface area contributed by atoms with Crippen LogP contribution in [0.15, 0.2) is 30.6 Å². The summed E-state index contributed by atoms with van der Waals surface area (Å²) in [6.07, 6.45) is 3.75. The summed E-state index contributed by atoms with van der Waals surface area (Å²) in [6.45, 7) is 4.00. The van der Waals surface area contributed by atoms with Crippen LogP contribution in [0.3, 0.4) is 0 Å². The molecule has 8 heteroatoms. The molecule has 0 spiro atoms. The number of nitrogens with one attached hydrogen (secondary N) is 1. The molecule has 1 N–H and O–H groups in total. The summed E-state index contributed by atoms with van der Waals surface area (Å²) in [7, 11) is 1.99. The van der Waals surface area contributed by atoms with Crippen molar-refractivity contribution >= 4 is 17.5 Å². The molecular formula is C17H21N5O3. The molecule has 0 aliphatic carbocycles. The van der Waals surface area contributed by atoms with Crippen molar-refractivity contribution in [3.8, 4) is 11.5 Å². The summed E-state index contributed by atoms with van der Waals surface area (Å²) < 4.78 is 12.6. The van der Waals surface area contributed by atoms with Crippen LogP contribution in [-0.4, -0.2) is 59.9 Å². The number of anilines is 2. The van der Waals surface area contributed by atoms with Crippen molar-refractivity contribution < 1.29 is 14.3 Å². The third kappa shape index (κ3) is 3.39. The number of ether oxygens (including phenoxy) is 2. The highest BCUT2D eigenvalue weighted by Gasteiger charge is 2.21. The van der Waals surface area contributed by atoms with Gasteiger partial charge in [-0.15, -0.1) is 0 Å². The normalized spacial score (nSPS) is 16.9. The molecule has 1 amide bonds. The minimum absolute atomic E-state index is 0.0238. The second-order valence-electron chi connectivity index (χ2n) is 6.22. The van der Waals surface area contributed by atoms with E-state index in [2.05, 4.69) is 20.1 Å². The number of aromatic nitrogens is 2. The van der Waals surface area contributed by atoms with E-state index in [4.69, 9.17) is 9.47 Å². The van der Waals surface area contributed by atoms with Gasteiger partial charge in [0.15, 0.2) is 11.5 Å². The first-order valence-electron chi connectivity index (χ1n) is 8.33. The lowest BCUT2D eigenvalue weighted by molar-refractivity contribution is -0.117. The van der Waals surface area contributed by atoms with Crippen LogP contribution in [0.25, 0.3) is 0 Å². The van der Waals surface area contributed by atoms with Crippen LogP contribution >= 0.6 is 0 Å². The fourth-order valence-corrected chi connectivity index (χ4v) is 3.15. The minimum Gasteiger partial charge on any atom is -0.454 e. The fraction of sp³-hybridized carbons (Fsp3) is 0.412. The van der Waals surface area contributed by atoms with Gasteiger partial charge in [0.25, 0.3) is 0 Å². The van der Waals surface area contributed by atoms with Crippen molar-refractivity contribution in [2.24, 2.45) is 7.05 Å². The lowest BCUT2D eigenvalue weighted by Gasteiger charge is -2.34. The molecule has 1 aromatic carbocycles. The van der Waals surface area contributed by atoms with Crippen molar-refractivity contribution in [1.29, 1.82) is 0 Å². The molecule has 3 heterocycles. The van der Waals surface area contributed by atoms with E-state index >= 15 is 0 Å². The van der Waals surface area contributed by atoms with Gasteiger partial charge in [0.05, 0.1) is 6.54 Å². The Hall–Kier alpha value is -2.74. The number of nitrogens with zero attached hydrogens (tertiary/aromatic N) is 4. The highest BCUT2D eigenvalue weighted by Crippen LogP contribution is 2.34. The topological polar surface area (TPSA) is 71.9 Å². The van der Waals surface area contributed by atoms with Gasteiger partial charge in [-0.05, 0) is 12.1 Å². The summed E-state index contributed by atoms with van der Waals surface area (Å²) in [5.74, 6) is 2.33. The van der Waals surface area contributed by atoms with Crippen molar-refractivity contribution in [2.75, 3.05) is 49.7 Å². The number of fused-ring (bicyclic) bond motifs is 1. The SMILES string of the molecule is Cn1ccnc1N1CCN(CC(=O)Nc2ccc3c(c2)OCO3)CC1. The van der Waals surface area contributed by atoms with Gasteiger partial charge in [-0.1, -0.05) is 0 Å². The largest absolute Gasteiger partial charge is 0.454 e. The molecule has 0 bridgehead atoms. The summed E-state index contributed by atoms with van der Waals surface area (Å²) >= 11 is 0. The lowest BCUT2D eigenvalue weighted by atomic mass is 10.2. The van der Waals surface area contributed by atoms with Crippen LogP contribution in [0.2, 0.25) is 0 Å². The summed E-state index contributed by atoms with van der Waals surface area (Å²) in [4.78, 5) is 21.1. The number of piperazine rings is 1. The van der Waals surface area contributed by atoms with Crippen molar-refractivity contribution in [3.05, 3.63) is 30.6 Å². The van der Waals surface area contributed by atoms with Crippen molar-refractivity contribution in [3.63, 3.8) is 0 Å². The van der Waals surface area contributed by atoms with Crippen molar-refractivity contribution in [2.45, 2.75) is 0 Å². The van der Waals surface area contributed by atoms with E-state index < -0.39 is 0 Å². The van der Waals surface area contributed by atoms with E-state index in [9.17, 15) is 4.79 Å². The number of carbonyl (C=O) groups excluding carboxylic acids is 1. The second kappa shape index (κ2) is 6.64. The zero-order chi connectivity index (χ0) is 17.2. The van der Waals surface area contributed by atoms with Crippen LogP contribution in [0, 0.1) is 0 Å². The Morgan fingerprint density at radius 2 is 2.00 bits per heavy atom. The number of aryl methyl sites for hydroxylation is 1. The Labute approximate surface area is 145 Å². The zero-order valence-electron chi connectivity index (χ0n) is 14.1. The molecule has 1 fully saturated rings.